The first-order valence-corrected chi connectivity index (χ1v) is 11.9. The van der Waals surface area contributed by atoms with Gasteiger partial charge in [0.1, 0.15) is 0 Å². The van der Waals surface area contributed by atoms with E-state index in [2.05, 4.69) is 43.1 Å². The van der Waals surface area contributed by atoms with Crippen LogP contribution in [0, 0.1) is 0 Å². The molecule has 1 atom stereocenters. The van der Waals surface area contributed by atoms with Gasteiger partial charge >= 0.3 is 110 Å². The van der Waals surface area contributed by atoms with E-state index in [0.717, 1.165) is 0 Å². The van der Waals surface area contributed by atoms with E-state index in [1.54, 1.807) is 12.4 Å². The number of aromatic nitrogens is 3. The number of unbranched alkanes of at least 4 members (excludes halogenated alkanes) is 3. The Morgan fingerprint density at radius 1 is 0.955 bits per heavy atom. The van der Waals surface area contributed by atoms with Gasteiger partial charge in [-0.05, 0) is 0 Å². The molecular formula is C17H39N4P. The molecule has 0 aliphatic heterocycles. The molecule has 0 radical (unpaired) electrons. The summed E-state index contributed by atoms with van der Waals surface area (Å²) in [7, 11) is -1.18. The number of aromatic amines is 1. The number of hydrogen-bond donors (Lipinski definition) is 2. The molecule has 0 amide bonds. The first-order valence-electron chi connectivity index (χ1n) is 9.22. The minimum absolute atomic E-state index is 0.548. The molecule has 1 aromatic rings. The van der Waals surface area contributed by atoms with Crippen molar-refractivity contribution in [2.45, 2.75) is 78.4 Å². The maximum absolute atomic E-state index is 6.54. The van der Waals surface area contributed by atoms with Crippen LogP contribution < -0.4 is 5.73 Å². The van der Waals surface area contributed by atoms with Gasteiger partial charge in [0.25, 0.3) is 0 Å². The van der Waals surface area contributed by atoms with Crippen LogP contribution in [0.15, 0.2) is 12.4 Å². The average Bonchev–Trinajstić information content (AvgIpc) is 3.13. The van der Waals surface area contributed by atoms with Gasteiger partial charge in [-0.1, -0.05) is 5.21 Å². The molecule has 22 heavy (non-hydrogen) atoms. The van der Waals surface area contributed by atoms with Crippen molar-refractivity contribution >= 4 is 7.26 Å². The van der Waals surface area contributed by atoms with Gasteiger partial charge in [-0.25, -0.2) is 0 Å². The SMILES string of the molecule is CCCC[PH](CCCC)(CCCC)C(N)CC.c1c[nH]nn1. The van der Waals surface area contributed by atoms with E-state index in [0.29, 0.717) is 5.78 Å². The number of nitrogens with zero attached hydrogens (tertiary/aromatic N) is 2. The number of nitrogens with two attached hydrogens (primary N) is 1. The van der Waals surface area contributed by atoms with Crippen molar-refractivity contribution in [3.8, 4) is 0 Å². The van der Waals surface area contributed by atoms with Gasteiger partial charge < -0.3 is 0 Å². The van der Waals surface area contributed by atoms with Gasteiger partial charge in [-0.15, -0.1) is 5.10 Å². The molecule has 4 nitrogen and oxygen atoms in total. The fraction of sp³-hybridized carbons (Fsp3) is 0.882. The monoisotopic (exact) mass is 330 g/mol. The summed E-state index contributed by atoms with van der Waals surface area (Å²) in [5.41, 5.74) is 6.54. The van der Waals surface area contributed by atoms with Crippen molar-refractivity contribution in [1.29, 1.82) is 0 Å². The third-order valence-electron chi connectivity index (χ3n) is 4.64. The fourth-order valence-electron chi connectivity index (χ4n) is 3.12. The number of H-pyrrole nitrogens is 1. The maximum Gasteiger partial charge on any atom is 0.0690 e. The molecule has 0 aliphatic carbocycles. The zero-order chi connectivity index (χ0) is 16.7. The molecule has 1 rings (SSSR count). The van der Waals surface area contributed by atoms with Crippen LogP contribution in [0.4, 0.5) is 0 Å². The van der Waals surface area contributed by atoms with Crippen LogP contribution >= 0.6 is 7.26 Å². The second-order valence-corrected chi connectivity index (χ2v) is 11.3. The normalized spacial score (nSPS) is 13.3. The second kappa shape index (κ2) is 14.1. The van der Waals surface area contributed by atoms with Crippen LogP contribution in [-0.2, 0) is 0 Å². The molecule has 0 aliphatic rings. The summed E-state index contributed by atoms with van der Waals surface area (Å²) in [4.78, 5) is 0. The molecule has 0 bridgehead atoms. The van der Waals surface area contributed by atoms with E-state index in [9.17, 15) is 0 Å². The van der Waals surface area contributed by atoms with Crippen molar-refractivity contribution in [3.05, 3.63) is 12.4 Å². The van der Waals surface area contributed by atoms with Crippen LogP contribution in [0.25, 0.3) is 0 Å². The summed E-state index contributed by atoms with van der Waals surface area (Å²) in [5, 5.41) is 9.26. The van der Waals surface area contributed by atoms with Crippen molar-refractivity contribution < 1.29 is 0 Å². The summed E-state index contributed by atoms with van der Waals surface area (Å²) < 4.78 is 0. The Kier molecular flexibility index (Phi) is 13.8. The van der Waals surface area contributed by atoms with Crippen LogP contribution in [0.5, 0.6) is 0 Å². The molecule has 5 heteroatoms. The zero-order valence-electron chi connectivity index (χ0n) is 15.3. The van der Waals surface area contributed by atoms with Gasteiger partial charge in [0.2, 0.25) is 0 Å². The summed E-state index contributed by atoms with van der Waals surface area (Å²) >= 11 is 0. The van der Waals surface area contributed by atoms with Gasteiger partial charge in [-0.2, -0.15) is 0 Å². The molecule has 3 N–H and O–H groups in total. The Balaban J connectivity index is 0.000000734. The van der Waals surface area contributed by atoms with E-state index < -0.39 is 7.26 Å². The van der Waals surface area contributed by atoms with Crippen LogP contribution in [0.2, 0.25) is 0 Å². The quantitative estimate of drug-likeness (QED) is 0.581. The number of nitrogens with one attached hydrogen (secondary N) is 1. The van der Waals surface area contributed by atoms with Crippen LogP contribution in [-0.4, -0.2) is 39.7 Å². The van der Waals surface area contributed by atoms with Gasteiger partial charge in [0, 0.05) is 6.20 Å². The summed E-state index contributed by atoms with van der Waals surface area (Å²) in [6, 6.07) is 0. The molecular weight excluding hydrogens is 291 g/mol. The van der Waals surface area contributed by atoms with E-state index in [4.69, 9.17) is 5.73 Å². The molecule has 1 aromatic heterocycles. The summed E-state index contributed by atoms with van der Waals surface area (Å²) in [6.45, 7) is 9.24. The van der Waals surface area contributed by atoms with E-state index in [-0.39, 0.29) is 0 Å². The standard InChI is InChI=1S/C15H36NP.C2H3N3/c1-5-9-12-17(13-10-6-2,14-11-7-3)15(16)8-4;1-2-4-5-3-1/h15,17H,5-14,16H2,1-4H3;1-2H,(H,3,4,5). The molecule has 132 valence electrons. The summed E-state index contributed by atoms with van der Waals surface area (Å²) in [5.74, 6) is 0.548. The fourth-order valence-corrected chi connectivity index (χ4v) is 9.02. The predicted molar refractivity (Wildman–Crippen MR) is 102 cm³/mol. The van der Waals surface area contributed by atoms with Gasteiger partial charge in [0.15, 0.2) is 0 Å². The predicted octanol–water partition coefficient (Wildman–Crippen LogP) is 4.64. The molecule has 1 heterocycles. The first kappa shape index (κ1) is 21.5. The topological polar surface area (TPSA) is 67.6 Å². The Morgan fingerprint density at radius 2 is 1.45 bits per heavy atom. The molecule has 1 unspecified atom stereocenters. The van der Waals surface area contributed by atoms with E-state index in [1.165, 1.54) is 63.4 Å². The Labute approximate surface area is 138 Å². The molecule has 0 fully saturated rings. The van der Waals surface area contributed by atoms with E-state index in [1.807, 2.05) is 0 Å². The van der Waals surface area contributed by atoms with E-state index >= 15 is 0 Å². The molecule has 0 saturated heterocycles. The number of rotatable bonds is 11. The number of hydrogen-bond acceptors (Lipinski definition) is 3. The minimum Gasteiger partial charge on any atom is -0.266 e. The first-order chi connectivity index (χ1) is 10.7. The van der Waals surface area contributed by atoms with Crippen LogP contribution in [0.1, 0.15) is 72.6 Å². The van der Waals surface area contributed by atoms with Crippen molar-refractivity contribution in [3.63, 3.8) is 0 Å². The third-order valence-corrected chi connectivity index (χ3v) is 10.7. The largest absolute Gasteiger partial charge is 0.266 e. The Morgan fingerprint density at radius 3 is 1.68 bits per heavy atom. The van der Waals surface area contributed by atoms with Crippen LogP contribution in [0.3, 0.4) is 0 Å². The molecule has 0 spiro atoms. The van der Waals surface area contributed by atoms with Crippen molar-refractivity contribution in [2.24, 2.45) is 5.73 Å². The average molecular weight is 331 g/mol. The Bertz CT molecular complexity index is 277. The van der Waals surface area contributed by atoms with Crippen molar-refractivity contribution in [2.75, 3.05) is 18.5 Å². The zero-order valence-corrected chi connectivity index (χ0v) is 16.3. The Hall–Kier alpha value is -0.470. The second-order valence-electron chi connectivity index (χ2n) is 6.35. The van der Waals surface area contributed by atoms with Crippen molar-refractivity contribution in [1.82, 2.24) is 15.4 Å². The molecule has 0 aromatic carbocycles. The van der Waals surface area contributed by atoms with Gasteiger partial charge in [-0.3, -0.25) is 5.10 Å². The molecule has 0 saturated carbocycles. The summed E-state index contributed by atoms with van der Waals surface area (Å²) in [6.07, 6.45) is 17.1. The third kappa shape index (κ3) is 8.85. The smallest absolute Gasteiger partial charge is 0.0690 e. The van der Waals surface area contributed by atoms with Gasteiger partial charge in [0.05, 0.1) is 6.20 Å². The maximum atomic E-state index is 6.54. The minimum atomic E-state index is -1.18.